The Labute approximate surface area is 170 Å². The average molecular weight is 385 g/mol. The molecule has 2 heterocycles. The van der Waals surface area contributed by atoms with Crippen LogP contribution in [0.3, 0.4) is 0 Å². The van der Waals surface area contributed by atoms with E-state index >= 15 is 0 Å². The third kappa shape index (κ3) is 4.45. The third-order valence-electron chi connectivity index (χ3n) is 4.63. The molecule has 0 saturated heterocycles. The molecule has 0 atom stereocenters. The molecule has 0 aliphatic rings. The van der Waals surface area contributed by atoms with Gasteiger partial charge in [-0.25, -0.2) is 9.97 Å². The van der Waals surface area contributed by atoms with Gasteiger partial charge in [0.15, 0.2) is 0 Å². The summed E-state index contributed by atoms with van der Waals surface area (Å²) in [5, 5.41) is 1.09. The molecule has 2 aromatic heterocycles. The van der Waals surface area contributed by atoms with E-state index in [9.17, 15) is 0 Å². The number of fused-ring (bicyclic) bond motifs is 3. The zero-order chi connectivity index (χ0) is 19.9. The summed E-state index contributed by atoms with van der Waals surface area (Å²) in [4.78, 5) is 9.37. The van der Waals surface area contributed by atoms with E-state index in [2.05, 4.69) is 27.5 Å². The van der Waals surface area contributed by atoms with E-state index in [-0.39, 0.29) is 0 Å². The van der Waals surface area contributed by atoms with Crippen LogP contribution in [0.15, 0.2) is 60.9 Å². The topological polar surface area (TPSA) is 49.2 Å². The van der Waals surface area contributed by atoms with Crippen molar-refractivity contribution in [1.82, 2.24) is 14.5 Å². The largest absolute Gasteiger partial charge is 0.375 e. The highest BCUT2D eigenvalue weighted by Crippen LogP contribution is 2.26. The summed E-state index contributed by atoms with van der Waals surface area (Å²) in [7, 11) is 0. The van der Waals surface area contributed by atoms with Gasteiger partial charge in [-0.15, -0.1) is 0 Å². The first-order valence-corrected chi connectivity index (χ1v) is 9.78. The molecular formula is C24H23N3O2. The van der Waals surface area contributed by atoms with E-state index < -0.39 is 0 Å². The van der Waals surface area contributed by atoms with Crippen molar-refractivity contribution in [3.8, 4) is 11.8 Å². The maximum atomic E-state index is 5.72. The van der Waals surface area contributed by atoms with E-state index in [1.54, 1.807) is 0 Å². The Bertz CT molecular complexity index is 1160. The van der Waals surface area contributed by atoms with Gasteiger partial charge in [-0.2, -0.15) is 0 Å². The van der Waals surface area contributed by atoms with Crippen LogP contribution in [0.4, 0.5) is 0 Å². The smallest absolute Gasteiger partial charge is 0.113 e. The Morgan fingerprint density at radius 3 is 2.69 bits per heavy atom. The van der Waals surface area contributed by atoms with E-state index in [1.807, 2.05) is 61.8 Å². The first kappa shape index (κ1) is 19.1. The standard InChI is InChI=1S/C24H23N3O2/c1-2-28-17-22-23-24(20-12-6-7-13-21(20)26-22)27(18-25-23)14-16-29-15-8-11-19-9-4-3-5-10-19/h3-7,9-10,12-13,18H,2,14-17H2,1H3. The summed E-state index contributed by atoms with van der Waals surface area (Å²) in [5.74, 6) is 6.16. The molecular weight excluding hydrogens is 362 g/mol. The van der Waals surface area contributed by atoms with Gasteiger partial charge in [0.05, 0.1) is 36.3 Å². The minimum atomic E-state index is 0.402. The number of para-hydroxylation sites is 1. The number of pyridine rings is 1. The maximum absolute atomic E-state index is 5.72. The lowest BCUT2D eigenvalue weighted by atomic mass is 10.1. The van der Waals surface area contributed by atoms with Crippen LogP contribution in [-0.4, -0.2) is 34.4 Å². The Kier molecular flexibility index (Phi) is 6.16. The zero-order valence-corrected chi connectivity index (χ0v) is 16.5. The van der Waals surface area contributed by atoms with Crippen molar-refractivity contribution in [3.05, 3.63) is 72.2 Å². The van der Waals surface area contributed by atoms with Gasteiger partial charge in [0, 0.05) is 24.1 Å². The van der Waals surface area contributed by atoms with Crippen molar-refractivity contribution < 1.29 is 9.47 Å². The van der Waals surface area contributed by atoms with Crippen molar-refractivity contribution >= 4 is 21.9 Å². The molecule has 0 saturated carbocycles. The average Bonchev–Trinajstić information content (AvgIpc) is 3.20. The molecule has 0 spiro atoms. The molecule has 0 aliphatic carbocycles. The number of aromatic nitrogens is 3. The van der Waals surface area contributed by atoms with Crippen molar-refractivity contribution in [1.29, 1.82) is 0 Å². The molecule has 29 heavy (non-hydrogen) atoms. The highest BCUT2D eigenvalue weighted by Gasteiger charge is 2.13. The molecule has 0 amide bonds. The van der Waals surface area contributed by atoms with Crippen molar-refractivity contribution in [3.63, 3.8) is 0 Å². The number of hydrogen-bond acceptors (Lipinski definition) is 4. The van der Waals surface area contributed by atoms with Crippen LogP contribution in [0.2, 0.25) is 0 Å². The first-order valence-electron chi connectivity index (χ1n) is 9.78. The lowest BCUT2D eigenvalue weighted by Crippen LogP contribution is -2.06. The van der Waals surface area contributed by atoms with Gasteiger partial charge in [-0.1, -0.05) is 48.2 Å². The van der Waals surface area contributed by atoms with Crippen molar-refractivity contribution in [2.45, 2.75) is 20.1 Å². The minimum absolute atomic E-state index is 0.402. The van der Waals surface area contributed by atoms with Crippen molar-refractivity contribution in [2.75, 3.05) is 19.8 Å². The molecule has 0 unspecified atom stereocenters. The quantitative estimate of drug-likeness (QED) is 0.354. The summed E-state index contributed by atoms with van der Waals surface area (Å²) in [6.07, 6.45) is 1.85. The summed E-state index contributed by atoms with van der Waals surface area (Å²) < 4.78 is 13.4. The fourth-order valence-electron chi connectivity index (χ4n) is 3.26. The fraction of sp³-hybridized carbons (Fsp3) is 0.250. The lowest BCUT2D eigenvalue weighted by molar-refractivity contribution is 0.132. The van der Waals surface area contributed by atoms with Gasteiger partial charge in [0.1, 0.15) is 12.1 Å². The second kappa shape index (κ2) is 9.33. The monoisotopic (exact) mass is 385 g/mol. The molecule has 4 aromatic rings. The summed E-state index contributed by atoms with van der Waals surface area (Å²) >= 11 is 0. The number of benzene rings is 2. The van der Waals surface area contributed by atoms with Crippen LogP contribution in [-0.2, 0) is 22.6 Å². The number of rotatable bonds is 7. The van der Waals surface area contributed by atoms with Crippen LogP contribution in [0.1, 0.15) is 18.2 Å². The predicted octanol–water partition coefficient (Wildman–Crippen LogP) is 4.19. The van der Waals surface area contributed by atoms with Gasteiger partial charge >= 0.3 is 0 Å². The molecule has 5 heteroatoms. The molecule has 0 N–H and O–H groups in total. The van der Waals surface area contributed by atoms with Gasteiger partial charge in [-0.3, -0.25) is 0 Å². The normalized spacial score (nSPS) is 10.9. The van der Waals surface area contributed by atoms with E-state index in [0.717, 1.165) is 33.2 Å². The fourth-order valence-corrected chi connectivity index (χ4v) is 3.26. The van der Waals surface area contributed by atoms with E-state index in [1.165, 1.54) is 0 Å². The molecule has 0 bridgehead atoms. The molecule has 146 valence electrons. The second-order valence-corrected chi connectivity index (χ2v) is 6.57. The zero-order valence-electron chi connectivity index (χ0n) is 16.5. The van der Waals surface area contributed by atoms with E-state index in [4.69, 9.17) is 14.5 Å². The van der Waals surface area contributed by atoms with E-state index in [0.29, 0.717) is 33.0 Å². The first-order chi connectivity index (χ1) is 14.4. The Morgan fingerprint density at radius 2 is 1.83 bits per heavy atom. The van der Waals surface area contributed by atoms with Crippen LogP contribution in [0.25, 0.3) is 21.9 Å². The van der Waals surface area contributed by atoms with Crippen LogP contribution in [0.5, 0.6) is 0 Å². The summed E-state index contributed by atoms with van der Waals surface area (Å²) in [5.41, 5.74) is 4.78. The highest BCUT2D eigenvalue weighted by molar-refractivity contribution is 6.03. The third-order valence-corrected chi connectivity index (χ3v) is 4.63. The molecule has 0 aliphatic heterocycles. The van der Waals surface area contributed by atoms with Gasteiger partial charge in [0.25, 0.3) is 0 Å². The van der Waals surface area contributed by atoms with Crippen LogP contribution >= 0.6 is 0 Å². The SMILES string of the molecule is CCOCc1nc2ccccc2c2c1ncn2CCOCC#Cc1ccccc1. The van der Waals surface area contributed by atoms with Crippen molar-refractivity contribution in [2.24, 2.45) is 0 Å². The molecule has 0 radical (unpaired) electrons. The summed E-state index contributed by atoms with van der Waals surface area (Å²) in [6.45, 7) is 4.75. The van der Waals surface area contributed by atoms with Gasteiger partial charge < -0.3 is 14.0 Å². The number of nitrogens with zero attached hydrogens (tertiary/aromatic N) is 3. The van der Waals surface area contributed by atoms with Gasteiger partial charge in [-0.05, 0) is 25.1 Å². The van der Waals surface area contributed by atoms with Gasteiger partial charge in [0.2, 0.25) is 0 Å². The number of imidazole rings is 1. The Balaban J connectivity index is 1.49. The van der Waals surface area contributed by atoms with Crippen LogP contribution < -0.4 is 0 Å². The molecule has 2 aromatic carbocycles. The van der Waals surface area contributed by atoms with Crippen LogP contribution in [0, 0.1) is 11.8 Å². The maximum Gasteiger partial charge on any atom is 0.113 e. The Hall–Kier alpha value is -3.20. The molecule has 4 rings (SSSR count). The lowest BCUT2D eigenvalue weighted by Gasteiger charge is -2.09. The molecule has 0 fully saturated rings. The molecule has 5 nitrogen and oxygen atoms in total. The number of ether oxygens (including phenoxy) is 2. The second-order valence-electron chi connectivity index (χ2n) is 6.57. The number of hydrogen-bond donors (Lipinski definition) is 0. The predicted molar refractivity (Wildman–Crippen MR) is 115 cm³/mol. The minimum Gasteiger partial charge on any atom is -0.375 e. The summed E-state index contributed by atoms with van der Waals surface area (Å²) in [6, 6.07) is 18.1. The highest BCUT2D eigenvalue weighted by atomic mass is 16.5. The Morgan fingerprint density at radius 1 is 1.00 bits per heavy atom.